The summed E-state index contributed by atoms with van der Waals surface area (Å²) in [6.45, 7) is 1.97. The highest BCUT2D eigenvalue weighted by atomic mass is 16.5. The third-order valence-corrected chi connectivity index (χ3v) is 6.36. The lowest BCUT2D eigenvalue weighted by molar-refractivity contribution is -0.124. The molecule has 0 aliphatic carbocycles. The van der Waals surface area contributed by atoms with E-state index < -0.39 is 6.04 Å². The van der Waals surface area contributed by atoms with Crippen molar-refractivity contribution in [2.45, 2.75) is 25.3 Å². The summed E-state index contributed by atoms with van der Waals surface area (Å²) in [7, 11) is 4.74. The van der Waals surface area contributed by atoms with E-state index in [2.05, 4.69) is 10.6 Å². The van der Waals surface area contributed by atoms with Crippen molar-refractivity contribution in [3.63, 3.8) is 0 Å². The van der Waals surface area contributed by atoms with E-state index in [4.69, 9.17) is 14.2 Å². The number of likely N-dealkylation sites (tertiary alicyclic amines) is 1. The zero-order chi connectivity index (χ0) is 25.9. The molecule has 1 saturated heterocycles. The van der Waals surface area contributed by atoms with Gasteiger partial charge in [-0.3, -0.25) is 14.4 Å². The lowest BCUT2D eigenvalue weighted by Gasteiger charge is -2.36. The fourth-order valence-corrected chi connectivity index (χ4v) is 4.28. The molecule has 0 aromatic heterocycles. The van der Waals surface area contributed by atoms with Gasteiger partial charge in [-0.1, -0.05) is 6.07 Å². The van der Waals surface area contributed by atoms with Crippen LogP contribution in [0.15, 0.2) is 48.5 Å². The van der Waals surface area contributed by atoms with Gasteiger partial charge in [0.2, 0.25) is 5.91 Å². The number of nitrogens with one attached hydrogen (secondary N) is 2. The molecule has 1 fully saturated rings. The quantitative estimate of drug-likeness (QED) is 0.462. The van der Waals surface area contributed by atoms with Crippen LogP contribution in [0.25, 0.3) is 0 Å². The number of amides is 3. The van der Waals surface area contributed by atoms with Crippen molar-refractivity contribution < 1.29 is 28.6 Å². The van der Waals surface area contributed by atoms with E-state index in [1.165, 1.54) is 0 Å². The number of piperidine rings is 1. The van der Waals surface area contributed by atoms with Gasteiger partial charge >= 0.3 is 0 Å². The molecule has 1 atom stereocenters. The average molecular weight is 498 g/mol. The molecule has 2 aromatic carbocycles. The van der Waals surface area contributed by atoms with E-state index in [0.29, 0.717) is 68.1 Å². The first-order valence-corrected chi connectivity index (χ1v) is 12.1. The van der Waals surface area contributed by atoms with Gasteiger partial charge in [0.05, 0.1) is 14.2 Å². The second-order valence-electron chi connectivity index (χ2n) is 8.68. The van der Waals surface area contributed by atoms with E-state index in [9.17, 15) is 14.4 Å². The Morgan fingerprint density at radius 1 is 0.944 bits per heavy atom. The molecule has 0 bridgehead atoms. The molecular formula is C27H35N3O6. The van der Waals surface area contributed by atoms with Crippen molar-refractivity contribution >= 4 is 17.7 Å². The molecule has 2 N–H and O–H groups in total. The minimum atomic E-state index is -0.712. The summed E-state index contributed by atoms with van der Waals surface area (Å²) >= 11 is 0. The molecule has 3 rings (SSSR count). The third kappa shape index (κ3) is 7.21. The Bertz CT molecular complexity index is 1020. The standard InChI is InChI=1S/C27H35N3O6/c1-34-17-5-14-28-26(32)24(29-25(31)20-8-10-22(35-2)11-9-20)19-12-15-30(16-13-19)27(33)21-6-4-7-23(18-21)36-3/h4,6-11,18-19,24H,5,12-17H2,1-3H3,(H,28,32)(H,29,31)/t24-/m0/s1. The van der Waals surface area contributed by atoms with Crippen molar-refractivity contribution in [2.75, 3.05) is 47.6 Å². The van der Waals surface area contributed by atoms with Crippen LogP contribution in [0.4, 0.5) is 0 Å². The van der Waals surface area contributed by atoms with Gasteiger partial charge in [0.15, 0.2) is 0 Å². The number of carbonyl (C=O) groups is 3. The molecule has 194 valence electrons. The van der Waals surface area contributed by atoms with E-state index in [-0.39, 0.29) is 23.6 Å². The van der Waals surface area contributed by atoms with Gasteiger partial charge in [-0.2, -0.15) is 0 Å². The lowest BCUT2D eigenvalue weighted by Crippen LogP contribution is -2.54. The van der Waals surface area contributed by atoms with Crippen LogP contribution in [0.5, 0.6) is 11.5 Å². The molecule has 1 aliphatic rings. The zero-order valence-electron chi connectivity index (χ0n) is 21.1. The number of hydrogen-bond acceptors (Lipinski definition) is 6. The Morgan fingerprint density at radius 3 is 2.28 bits per heavy atom. The van der Waals surface area contributed by atoms with Crippen LogP contribution in [0.2, 0.25) is 0 Å². The summed E-state index contributed by atoms with van der Waals surface area (Å²) in [4.78, 5) is 40.8. The maximum Gasteiger partial charge on any atom is 0.253 e. The third-order valence-electron chi connectivity index (χ3n) is 6.36. The van der Waals surface area contributed by atoms with Gasteiger partial charge in [-0.05, 0) is 67.6 Å². The molecule has 3 amide bonds. The predicted molar refractivity (Wildman–Crippen MR) is 135 cm³/mol. The topological polar surface area (TPSA) is 106 Å². The number of nitrogens with zero attached hydrogens (tertiary/aromatic N) is 1. The van der Waals surface area contributed by atoms with E-state index in [1.54, 1.807) is 74.8 Å². The van der Waals surface area contributed by atoms with Crippen molar-refractivity contribution in [3.8, 4) is 11.5 Å². The number of hydrogen-bond donors (Lipinski definition) is 2. The van der Waals surface area contributed by atoms with Crippen molar-refractivity contribution in [2.24, 2.45) is 5.92 Å². The van der Waals surface area contributed by atoms with Gasteiger partial charge < -0.3 is 29.7 Å². The molecule has 1 heterocycles. The van der Waals surface area contributed by atoms with Crippen LogP contribution in [0.1, 0.15) is 40.0 Å². The highest BCUT2D eigenvalue weighted by molar-refractivity contribution is 5.98. The normalized spacial score (nSPS) is 14.6. The van der Waals surface area contributed by atoms with Gasteiger partial charge in [0.25, 0.3) is 11.8 Å². The number of methoxy groups -OCH3 is 3. The largest absolute Gasteiger partial charge is 0.497 e. The first-order valence-electron chi connectivity index (χ1n) is 12.1. The maximum atomic E-state index is 13.1. The fraction of sp³-hybridized carbons (Fsp3) is 0.444. The second kappa shape index (κ2) is 13.5. The molecule has 0 spiro atoms. The molecule has 0 saturated carbocycles. The Balaban J connectivity index is 1.67. The summed E-state index contributed by atoms with van der Waals surface area (Å²) in [5, 5.41) is 5.84. The number of ether oxygens (including phenoxy) is 3. The smallest absolute Gasteiger partial charge is 0.253 e. The predicted octanol–water partition coefficient (Wildman–Crippen LogP) is 2.51. The van der Waals surface area contributed by atoms with Crippen molar-refractivity contribution in [3.05, 3.63) is 59.7 Å². The van der Waals surface area contributed by atoms with Crippen molar-refractivity contribution in [1.29, 1.82) is 0 Å². The molecule has 0 radical (unpaired) electrons. The fourth-order valence-electron chi connectivity index (χ4n) is 4.28. The molecule has 1 aliphatic heterocycles. The first kappa shape index (κ1) is 27.0. The number of benzene rings is 2. The summed E-state index contributed by atoms with van der Waals surface area (Å²) in [6.07, 6.45) is 1.86. The molecular weight excluding hydrogens is 462 g/mol. The molecule has 9 heteroatoms. The monoisotopic (exact) mass is 497 g/mol. The summed E-state index contributed by atoms with van der Waals surface area (Å²) in [6, 6.07) is 13.1. The minimum absolute atomic E-state index is 0.0739. The molecule has 2 aromatic rings. The Hall–Kier alpha value is -3.59. The lowest BCUT2D eigenvalue weighted by atomic mass is 9.88. The molecule has 9 nitrogen and oxygen atoms in total. The second-order valence-corrected chi connectivity index (χ2v) is 8.68. The van der Waals surface area contributed by atoms with Crippen LogP contribution < -0.4 is 20.1 Å². The van der Waals surface area contributed by atoms with Crippen LogP contribution in [-0.4, -0.2) is 76.2 Å². The Morgan fingerprint density at radius 2 is 1.64 bits per heavy atom. The molecule has 0 unspecified atom stereocenters. The summed E-state index contributed by atoms with van der Waals surface area (Å²) < 4.78 is 15.4. The van der Waals surface area contributed by atoms with Crippen molar-refractivity contribution in [1.82, 2.24) is 15.5 Å². The van der Waals surface area contributed by atoms with Crippen LogP contribution in [0, 0.1) is 5.92 Å². The van der Waals surface area contributed by atoms with Crippen LogP contribution in [-0.2, 0) is 9.53 Å². The van der Waals surface area contributed by atoms with E-state index in [0.717, 1.165) is 0 Å². The zero-order valence-corrected chi connectivity index (χ0v) is 21.1. The first-order chi connectivity index (χ1) is 17.5. The Labute approximate surface area is 212 Å². The van der Waals surface area contributed by atoms with Gasteiger partial charge in [-0.25, -0.2) is 0 Å². The maximum absolute atomic E-state index is 13.1. The number of carbonyl (C=O) groups excluding carboxylic acids is 3. The highest BCUT2D eigenvalue weighted by Gasteiger charge is 2.34. The van der Waals surface area contributed by atoms with Gasteiger partial charge in [-0.15, -0.1) is 0 Å². The van der Waals surface area contributed by atoms with Crippen LogP contribution >= 0.6 is 0 Å². The summed E-state index contributed by atoms with van der Waals surface area (Å²) in [5.41, 5.74) is 1.01. The summed E-state index contributed by atoms with van der Waals surface area (Å²) in [5.74, 6) is 0.531. The Kier molecular flexibility index (Phi) is 10.1. The highest BCUT2D eigenvalue weighted by Crippen LogP contribution is 2.24. The van der Waals surface area contributed by atoms with Crippen LogP contribution in [0.3, 0.4) is 0 Å². The van der Waals surface area contributed by atoms with E-state index in [1.807, 2.05) is 0 Å². The van der Waals surface area contributed by atoms with Gasteiger partial charge in [0.1, 0.15) is 17.5 Å². The van der Waals surface area contributed by atoms with Gasteiger partial charge in [0, 0.05) is 44.5 Å². The average Bonchev–Trinajstić information content (AvgIpc) is 2.93. The number of rotatable bonds is 11. The minimum Gasteiger partial charge on any atom is -0.497 e. The SMILES string of the molecule is COCCCNC(=O)[C@@H](NC(=O)c1ccc(OC)cc1)C1CCN(C(=O)c2cccc(OC)c2)CC1. The molecule has 36 heavy (non-hydrogen) atoms. The van der Waals surface area contributed by atoms with E-state index >= 15 is 0 Å².